The average Bonchev–Trinajstić information content (AvgIpc) is 3.06. The summed E-state index contributed by atoms with van der Waals surface area (Å²) in [6.07, 6.45) is 0. The van der Waals surface area contributed by atoms with Crippen LogP contribution in [0.25, 0.3) is 0 Å². The Hall–Kier alpha value is -5.23. The number of nitriles is 18. The molecule has 0 rings (SSSR count). The fourth-order valence-electron chi connectivity index (χ4n) is 0.795. The van der Waals surface area contributed by atoms with Crippen LogP contribution in [0.4, 0.5) is 0 Å². The molecule has 0 aliphatic heterocycles. The SMILES string of the molecule is N#[C][Ru-4]([C]#N)([C]#N)([C]#N)([C]#N)[C]#N.N#[C][Ru-4]([C]#N)([C]#N)([C]#N)([C]#N)[C]#N.N#[C][Ru-4]([C]#N)([C]#N)([C]#N)([C]#N)[C]#N.[Fe+3].[Fe+3].[Fe+3].[Fe+3]. The molecule has 0 aromatic carbocycles. The molecular formula is C18Fe4N18Ru3. The van der Waals surface area contributed by atoms with E-state index in [1.165, 1.54) is 0 Å². The van der Waals surface area contributed by atoms with E-state index in [0.29, 0.717) is 0 Å². The quantitative estimate of drug-likeness (QED) is 0.294. The molecule has 4 radical (unpaired) electrons. The van der Waals surface area contributed by atoms with Gasteiger partial charge >= 0.3 is 284 Å². The Labute approximate surface area is 281 Å². The number of hydrogen-bond donors (Lipinski definition) is 0. The van der Waals surface area contributed by atoms with Crippen LogP contribution in [0.1, 0.15) is 0 Å². The van der Waals surface area contributed by atoms with Gasteiger partial charge in [-0.05, 0) is 0 Å². The van der Waals surface area contributed by atoms with E-state index in [-0.39, 0.29) is 68.3 Å². The van der Waals surface area contributed by atoms with Crippen molar-refractivity contribution in [1.29, 1.82) is 94.7 Å². The van der Waals surface area contributed by atoms with Crippen LogP contribution in [0.15, 0.2) is 0 Å². The summed E-state index contributed by atoms with van der Waals surface area (Å²) in [5.41, 5.74) is 0. The van der Waals surface area contributed by atoms with E-state index in [1.54, 1.807) is 0 Å². The van der Waals surface area contributed by atoms with E-state index < -0.39 is 37.3 Å². The van der Waals surface area contributed by atoms with E-state index in [4.69, 9.17) is 94.7 Å². The van der Waals surface area contributed by atoms with Crippen molar-refractivity contribution in [3.05, 3.63) is 0 Å². The first kappa shape index (κ1) is 53.9. The van der Waals surface area contributed by atoms with Crippen molar-refractivity contribution in [3.63, 3.8) is 0 Å². The minimum atomic E-state index is -6.55. The second-order valence-electron chi connectivity index (χ2n) is 5.40. The van der Waals surface area contributed by atoms with Crippen molar-refractivity contribution >= 4 is 0 Å². The maximum Gasteiger partial charge on any atom is 3.00 e. The van der Waals surface area contributed by atoms with E-state index in [2.05, 4.69) is 0 Å². The molecule has 0 aromatic rings. The van der Waals surface area contributed by atoms with Crippen molar-refractivity contribution < 1.29 is 106 Å². The Kier molecular flexibility index (Phi) is 17.7. The van der Waals surface area contributed by atoms with Crippen molar-refractivity contribution in [1.82, 2.24) is 0 Å². The molecule has 0 spiro atoms. The number of nitrogens with zero attached hydrogens (tertiary/aromatic N) is 18. The number of hydrogen-bond acceptors (Lipinski definition) is 18. The van der Waals surface area contributed by atoms with Gasteiger partial charge in [-0.25, -0.2) is 0 Å². The first-order chi connectivity index (χ1) is 17.9. The van der Waals surface area contributed by atoms with Crippen LogP contribution in [0.5, 0.6) is 0 Å². The summed E-state index contributed by atoms with van der Waals surface area (Å²) < 4.78 is 19.1. The minimum absolute atomic E-state index is 0. The molecule has 0 amide bonds. The molecule has 0 saturated heterocycles. The molecule has 0 N–H and O–H groups in total. The molecule has 0 unspecified atom stereocenters. The van der Waals surface area contributed by atoms with Crippen LogP contribution in [0.2, 0.25) is 0 Å². The Morgan fingerprint density at radius 2 is 0.209 bits per heavy atom. The van der Waals surface area contributed by atoms with Crippen molar-refractivity contribution in [3.8, 4) is 83.9 Å². The molecule has 25 heteroatoms. The first-order valence-electron chi connectivity index (χ1n) is 7.21. The third kappa shape index (κ3) is 6.19. The standard InChI is InChI=1S/18CN.4Fe.3Ru/c18*1-2;;;;;;;/q;;;;;;;;;;;;;;;;;;4*+3;3*-4. The third-order valence-corrected chi connectivity index (χ3v) is 21.0. The molecular weight excluding hydrogens is 995 g/mol. The normalized spacial score (nSPS) is 12.1. The minimum Gasteiger partial charge on any atom is 3.00 e. The topological polar surface area (TPSA) is 428 Å². The van der Waals surface area contributed by atoms with Gasteiger partial charge in [0.05, 0.1) is 0 Å². The molecule has 0 bridgehead atoms. The van der Waals surface area contributed by atoms with Crippen LogP contribution < -0.4 is 0 Å². The zero-order valence-electron chi connectivity index (χ0n) is 19.5. The van der Waals surface area contributed by atoms with Crippen molar-refractivity contribution in [2.24, 2.45) is 0 Å². The maximum absolute atomic E-state index is 8.59. The van der Waals surface area contributed by atoms with Crippen LogP contribution >= 0.6 is 0 Å². The summed E-state index contributed by atoms with van der Waals surface area (Å²) in [4.78, 5) is 0. The van der Waals surface area contributed by atoms with Crippen LogP contribution in [0.3, 0.4) is 0 Å². The zero-order valence-corrected chi connectivity index (χ0v) is 29.2. The molecule has 18 nitrogen and oxygen atoms in total. The average molecular weight is 995 g/mol. The van der Waals surface area contributed by atoms with Crippen LogP contribution in [-0.2, 0) is 106 Å². The Balaban J connectivity index is -0.0000000864. The van der Waals surface area contributed by atoms with Gasteiger partial charge in [0.15, 0.2) is 0 Å². The van der Waals surface area contributed by atoms with Gasteiger partial charge in [-0.2, -0.15) is 0 Å². The predicted octanol–water partition coefficient (Wildman–Crippen LogP) is 0.285. The van der Waals surface area contributed by atoms with Crippen LogP contribution in [0, 0.1) is 179 Å². The van der Waals surface area contributed by atoms with E-state index in [0.717, 1.165) is 83.9 Å². The zero-order chi connectivity index (χ0) is 32.0. The maximum atomic E-state index is 8.59. The van der Waals surface area contributed by atoms with Gasteiger partial charge in [0.1, 0.15) is 0 Å². The Morgan fingerprint density at radius 3 is 0.209 bits per heavy atom. The molecule has 0 atom stereocenters. The van der Waals surface area contributed by atoms with Gasteiger partial charge in [0.2, 0.25) is 0 Å². The van der Waals surface area contributed by atoms with Crippen LogP contribution in [-0.4, -0.2) is 0 Å². The van der Waals surface area contributed by atoms with Gasteiger partial charge in [-0.3, -0.25) is 0 Å². The van der Waals surface area contributed by atoms with Crippen molar-refractivity contribution in [2.75, 3.05) is 0 Å². The Morgan fingerprint density at radius 1 is 0.163 bits per heavy atom. The summed E-state index contributed by atoms with van der Waals surface area (Å²) in [5.74, 6) is 0. The van der Waals surface area contributed by atoms with Gasteiger partial charge in [0, 0.05) is 0 Å². The molecule has 0 saturated carbocycles. The second-order valence-corrected chi connectivity index (χ2v) is 31.9. The molecule has 0 fully saturated rings. The van der Waals surface area contributed by atoms with Gasteiger partial charge < -0.3 is 0 Å². The smallest absolute Gasteiger partial charge is 3.00 e. The predicted molar refractivity (Wildman–Crippen MR) is 101 cm³/mol. The fraction of sp³-hybridized carbons (Fsp3) is 0. The summed E-state index contributed by atoms with van der Waals surface area (Å²) in [5, 5.41) is 155. The molecule has 0 aromatic heterocycles. The molecule has 43 heavy (non-hydrogen) atoms. The van der Waals surface area contributed by atoms with E-state index >= 15 is 0 Å². The largest absolute Gasteiger partial charge is 3.00 e. The van der Waals surface area contributed by atoms with Gasteiger partial charge in [-0.1, -0.05) is 0 Å². The second kappa shape index (κ2) is 14.1. The molecule has 0 heterocycles. The molecule has 0 aliphatic carbocycles. The summed E-state index contributed by atoms with van der Waals surface area (Å²) in [6.45, 7) is 0. The summed E-state index contributed by atoms with van der Waals surface area (Å²) >= 11 is -19.6. The number of rotatable bonds is 0. The van der Waals surface area contributed by atoms with Gasteiger partial charge in [0.25, 0.3) is 0 Å². The molecule has 218 valence electrons. The summed E-state index contributed by atoms with van der Waals surface area (Å²) in [6, 6.07) is 0. The summed E-state index contributed by atoms with van der Waals surface area (Å²) in [7, 11) is 0. The molecule has 0 aliphatic rings. The first-order valence-corrected chi connectivity index (χ1v) is 22.8. The monoisotopic (exact) mass is 998 g/mol. The fourth-order valence-corrected chi connectivity index (χ4v) is 4.71. The van der Waals surface area contributed by atoms with E-state index in [1.807, 2.05) is 0 Å². The van der Waals surface area contributed by atoms with E-state index in [9.17, 15) is 0 Å². The Bertz CT molecular complexity index is 1420. The third-order valence-electron chi connectivity index (χ3n) is 3.56. The van der Waals surface area contributed by atoms with Crippen molar-refractivity contribution in [2.45, 2.75) is 0 Å². The van der Waals surface area contributed by atoms with Gasteiger partial charge in [-0.15, -0.1) is 0 Å².